The molecule has 1 heterocycles. The fraction of sp³-hybridized carbons (Fsp3) is 0. The first kappa shape index (κ1) is 12.9. The maximum atomic E-state index is 11.3. The molecule has 0 bridgehead atoms. The van der Waals surface area contributed by atoms with E-state index in [1.165, 1.54) is 30.3 Å². The fourth-order valence-electron chi connectivity index (χ4n) is 1.45. The van der Waals surface area contributed by atoms with Gasteiger partial charge in [0.2, 0.25) is 0 Å². The third-order valence-corrected chi connectivity index (χ3v) is 2.59. The molecule has 96 valence electrons. The second-order valence-corrected chi connectivity index (χ2v) is 3.92. The van der Waals surface area contributed by atoms with Gasteiger partial charge in [-0.3, -0.25) is 19.7 Å². The molecule has 1 aromatic carbocycles. The number of carbonyl (C=O) groups is 1. The molecule has 0 aliphatic rings. The summed E-state index contributed by atoms with van der Waals surface area (Å²) in [7, 11) is 0. The van der Waals surface area contributed by atoms with Crippen LogP contribution >= 0.6 is 11.6 Å². The lowest BCUT2D eigenvalue weighted by Crippen LogP contribution is -2.16. The number of nitrogens with zero attached hydrogens (tertiary/aromatic N) is 2. The van der Waals surface area contributed by atoms with Gasteiger partial charge in [0, 0.05) is 17.7 Å². The van der Waals surface area contributed by atoms with Crippen LogP contribution in [0.25, 0.3) is 11.3 Å². The van der Waals surface area contributed by atoms with Crippen molar-refractivity contribution in [2.24, 2.45) is 0 Å². The molecule has 0 amide bonds. The number of aromatic nitrogens is 2. The van der Waals surface area contributed by atoms with E-state index >= 15 is 0 Å². The Morgan fingerprint density at radius 3 is 2.47 bits per heavy atom. The summed E-state index contributed by atoms with van der Waals surface area (Å²) in [6, 6.07) is 6.74. The molecule has 0 saturated carbocycles. The molecule has 2 rings (SSSR count). The molecule has 8 heteroatoms. The zero-order valence-corrected chi connectivity index (χ0v) is 10.0. The van der Waals surface area contributed by atoms with Crippen LogP contribution in [0.5, 0.6) is 0 Å². The number of nitrogens with one attached hydrogen (secondary N) is 1. The number of hydrogen-bond donors (Lipinski definition) is 1. The number of nitro benzene ring substituents is 1. The summed E-state index contributed by atoms with van der Waals surface area (Å²) < 4.78 is 0. The van der Waals surface area contributed by atoms with E-state index < -0.39 is 15.7 Å². The SMILES string of the molecule is O=C(Cl)c1cc(-c2ccc([N+](=O)[O-])cc2)n[nH]c1=O. The van der Waals surface area contributed by atoms with Crippen molar-refractivity contribution in [1.29, 1.82) is 0 Å². The quantitative estimate of drug-likeness (QED) is 0.523. The fourth-order valence-corrected chi connectivity index (χ4v) is 1.59. The summed E-state index contributed by atoms with van der Waals surface area (Å²) in [4.78, 5) is 32.3. The Morgan fingerprint density at radius 2 is 1.95 bits per heavy atom. The average molecular weight is 280 g/mol. The second kappa shape index (κ2) is 4.99. The van der Waals surface area contributed by atoms with Crippen LogP contribution in [0.15, 0.2) is 35.1 Å². The van der Waals surface area contributed by atoms with Gasteiger partial charge in [-0.1, -0.05) is 0 Å². The molecular formula is C11H6ClN3O4. The van der Waals surface area contributed by atoms with Gasteiger partial charge in [-0.25, -0.2) is 5.10 Å². The molecule has 0 radical (unpaired) electrons. The standard InChI is InChI=1S/C11H6ClN3O4/c12-10(16)8-5-9(13-14-11(8)17)6-1-3-7(4-2-6)15(18)19/h1-5H,(H,14,17). The Kier molecular flexibility index (Phi) is 3.39. The van der Waals surface area contributed by atoms with E-state index in [-0.39, 0.29) is 11.3 Å². The normalized spacial score (nSPS) is 10.2. The van der Waals surface area contributed by atoms with Crippen molar-refractivity contribution in [3.05, 3.63) is 56.4 Å². The molecule has 0 aliphatic heterocycles. The number of H-pyrrole nitrogens is 1. The van der Waals surface area contributed by atoms with Gasteiger partial charge in [-0.2, -0.15) is 5.10 Å². The Labute approximate surface area is 111 Å². The molecule has 2 aromatic rings. The maximum absolute atomic E-state index is 11.3. The highest BCUT2D eigenvalue weighted by Crippen LogP contribution is 2.20. The Morgan fingerprint density at radius 1 is 1.32 bits per heavy atom. The average Bonchev–Trinajstić information content (AvgIpc) is 2.39. The van der Waals surface area contributed by atoms with Crippen molar-refractivity contribution in [1.82, 2.24) is 10.2 Å². The minimum absolute atomic E-state index is 0.0678. The lowest BCUT2D eigenvalue weighted by atomic mass is 10.1. The van der Waals surface area contributed by atoms with Gasteiger partial charge in [-0.15, -0.1) is 0 Å². The molecular weight excluding hydrogens is 274 g/mol. The van der Waals surface area contributed by atoms with E-state index in [1.54, 1.807) is 0 Å². The smallest absolute Gasteiger partial charge is 0.275 e. The summed E-state index contributed by atoms with van der Waals surface area (Å²) in [5.41, 5.74) is -0.183. The number of hydrogen-bond acceptors (Lipinski definition) is 5. The second-order valence-electron chi connectivity index (χ2n) is 3.57. The van der Waals surface area contributed by atoms with Crippen molar-refractivity contribution in [3.63, 3.8) is 0 Å². The number of aromatic amines is 1. The maximum Gasteiger partial charge on any atom is 0.276 e. The third-order valence-electron chi connectivity index (χ3n) is 2.39. The summed E-state index contributed by atoms with van der Waals surface area (Å²) in [6.07, 6.45) is 0. The van der Waals surface area contributed by atoms with Crippen LogP contribution in [-0.2, 0) is 0 Å². The number of nitro groups is 1. The predicted octanol–water partition coefficient (Wildman–Crippen LogP) is 1.72. The molecule has 0 saturated heterocycles. The number of non-ortho nitro benzene ring substituents is 1. The van der Waals surface area contributed by atoms with Crippen LogP contribution in [0.4, 0.5) is 5.69 Å². The van der Waals surface area contributed by atoms with E-state index in [1.807, 2.05) is 0 Å². The molecule has 0 unspecified atom stereocenters. The van der Waals surface area contributed by atoms with Crippen molar-refractivity contribution in [2.75, 3.05) is 0 Å². The Balaban J connectivity index is 2.47. The highest BCUT2D eigenvalue weighted by molar-refractivity contribution is 6.67. The van der Waals surface area contributed by atoms with Gasteiger partial charge in [0.1, 0.15) is 5.56 Å². The zero-order valence-electron chi connectivity index (χ0n) is 9.29. The third kappa shape index (κ3) is 2.66. The van der Waals surface area contributed by atoms with Crippen LogP contribution in [0, 0.1) is 10.1 Å². The van der Waals surface area contributed by atoms with Gasteiger partial charge in [0.05, 0.1) is 10.6 Å². The summed E-state index contributed by atoms with van der Waals surface area (Å²) in [5, 5.41) is 15.5. The van der Waals surface area contributed by atoms with Crippen molar-refractivity contribution in [2.45, 2.75) is 0 Å². The molecule has 1 aromatic heterocycles. The van der Waals surface area contributed by atoms with Gasteiger partial charge in [-0.05, 0) is 29.8 Å². The predicted molar refractivity (Wildman–Crippen MR) is 67.1 cm³/mol. The van der Waals surface area contributed by atoms with Crippen LogP contribution in [-0.4, -0.2) is 20.4 Å². The topological polar surface area (TPSA) is 106 Å². The summed E-state index contributed by atoms with van der Waals surface area (Å²) in [6.45, 7) is 0. The van der Waals surface area contributed by atoms with Gasteiger partial charge in [0.25, 0.3) is 16.5 Å². The van der Waals surface area contributed by atoms with Crippen LogP contribution in [0.3, 0.4) is 0 Å². The monoisotopic (exact) mass is 279 g/mol. The van der Waals surface area contributed by atoms with E-state index in [0.717, 1.165) is 0 Å². The van der Waals surface area contributed by atoms with Crippen molar-refractivity contribution in [3.8, 4) is 11.3 Å². The number of rotatable bonds is 3. The molecule has 0 aliphatic carbocycles. The van der Waals surface area contributed by atoms with Gasteiger partial charge in [0.15, 0.2) is 0 Å². The highest BCUT2D eigenvalue weighted by Gasteiger charge is 2.11. The van der Waals surface area contributed by atoms with E-state index in [0.29, 0.717) is 11.3 Å². The van der Waals surface area contributed by atoms with E-state index in [9.17, 15) is 19.7 Å². The zero-order chi connectivity index (χ0) is 14.0. The minimum atomic E-state index is -0.896. The van der Waals surface area contributed by atoms with Crippen molar-refractivity contribution >= 4 is 22.5 Å². The first-order valence-electron chi connectivity index (χ1n) is 5.03. The lowest BCUT2D eigenvalue weighted by Gasteiger charge is -2.01. The lowest BCUT2D eigenvalue weighted by molar-refractivity contribution is -0.384. The molecule has 7 nitrogen and oxygen atoms in total. The number of carbonyl (C=O) groups excluding carboxylic acids is 1. The molecule has 1 N–H and O–H groups in total. The Bertz CT molecular complexity index is 709. The van der Waals surface area contributed by atoms with Crippen LogP contribution in [0.1, 0.15) is 10.4 Å². The van der Waals surface area contributed by atoms with E-state index in [2.05, 4.69) is 10.2 Å². The van der Waals surface area contributed by atoms with Gasteiger partial charge >= 0.3 is 0 Å². The first-order chi connectivity index (χ1) is 8.99. The Hall–Kier alpha value is -2.54. The number of halogens is 1. The summed E-state index contributed by atoms with van der Waals surface area (Å²) >= 11 is 5.26. The van der Waals surface area contributed by atoms with Crippen molar-refractivity contribution < 1.29 is 9.72 Å². The largest absolute Gasteiger partial charge is 0.276 e. The molecule has 0 atom stereocenters. The van der Waals surface area contributed by atoms with Crippen LogP contribution < -0.4 is 5.56 Å². The summed E-state index contributed by atoms with van der Waals surface area (Å²) in [5.74, 6) is 0. The molecule has 0 spiro atoms. The first-order valence-corrected chi connectivity index (χ1v) is 5.41. The molecule has 0 fully saturated rings. The highest BCUT2D eigenvalue weighted by atomic mass is 35.5. The minimum Gasteiger partial charge on any atom is -0.275 e. The van der Waals surface area contributed by atoms with Crippen LogP contribution in [0.2, 0.25) is 0 Å². The van der Waals surface area contributed by atoms with E-state index in [4.69, 9.17) is 11.6 Å². The number of benzene rings is 1. The molecule has 19 heavy (non-hydrogen) atoms. The van der Waals surface area contributed by atoms with Gasteiger partial charge < -0.3 is 0 Å².